The molecule has 0 spiro atoms. The monoisotopic (exact) mass is 307 g/mol. The molecule has 0 heterocycles. The number of methoxy groups -OCH3 is 1. The first-order valence-electron chi connectivity index (χ1n) is 6.75. The molecule has 2 N–H and O–H groups in total. The van der Waals surface area contributed by atoms with Crippen LogP contribution in [0.15, 0.2) is 42.5 Å². The van der Waals surface area contributed by atoms with Gasteiger partial charge in [-0.3, -0.25) is 0 Å². The molecule has 2 aromatic carbocycles. The lowest BCUT2D eigenvalue weighted by Crippen LogP contribution is -2.41. The minimum atomic E-state index is -0.555. The fraction of sp³-hybridized carbons (Fsp3) is 0.294. The standard InChI is InChI=1S/C17H19ClFNO/c1-17(20,10-12-3-6-15(21-2)7-4-12)11-13-9-14(18)5-8-16(13)19/h3-9H,10-11,20H2,1-2H3. The van der Waals surface area contributed by atoms with E-state index in [0.29, 0.717) is 23.4 Å². The third-order valence-electron chi connectivity index (χ3n) is 3.37. The third kappa shape index (κ3) is 4.45. The van der Waals surface area contributed by atoms with Gasteiger partial charge in [-0.25, -0.2) is 4.39 Å². The van der Waals surface area contributed by atoms with Crippen molar-refractivity contribution < 1.29 is 9.13 Å². The summed E-state index contributed by atoms with van der Waals surface area (Å²) in [6.07, 6.45) is 1.06. The highest BCUT2D eigenvalue weighted by Crippen LogP contribution is 2.22. The van der Waals surface area contributed by atoms with Crippen LogP contribution in [0, 0.1) is 5.82 Å². The summed E-state index contributed by atoms with van der Waals surface area (Å²) >= 11 is 5.92. The highest BCUT2D eigenvalue weighted by atomic mass is 35.5. The van der Waals surface area contributed by atoms with E-state index in [1.807, 2.05) is 31.2 Å². The van der Waals surface area contributed by atoms with Gasteiger partial charge in [-0.15, -0.1) is 0 Å². The molecule has 2 aromatic rings. The van der Waals surface area contributed by atoms with Crippen molar-refractivity contribution in [1.82, 2.24) is 0 Å². The summed E-state index contributed by atoms with van der Waals surface area (Å²) in [4.78, 5) is 0. The Morgan fingerprint density at radius 2 is 1.81 bits per heavy atom. The average Bonchev–Trinajstić information content (AvgIpc) is 2.43. The second-order valence-electron chi connectivity index (χ2n) is 5.59. The van der Waals surface area contributed by atoms with E-state index in [4.69, 9.17) is 22.1 Å². The number of rotatable bonds is 5. The topological polar surface area (TPSA) is 35.2 Å². The first-order chi connectivity index (χ1) is 9.89. The summed E-state index contributed by atoms with van der Waals surface area (Å²) < 4.78 is 18.9. The maximum absolute atomic E-state index is 13.8. The lowest BCUT2D eigenvalue weighted by Gasteiger charge is -2.25. The number of benzene rings is 2. The van der Waals surface area contributed by atoms with E-state index in [0.717, 1.165) is 11.3 Å². The molecule has 1 atom stereocenters. The van der Waals surface area contributed by atoms with Crippen molar-refractivity contribution in [3.05, 3.63) is 64.4 Å². The van der Waals surface area contributed by atoms with Crippen molar-refractivity contribution in [1.29, 1.82) is 0 Å². The molecule has 0 aliphatic rings. The zero-order valence-corrected chi connectivity index (χ0v) is 13.0. The second-order valence-corrected chi connectivity index (χ2v) is 6.03. The van der Waals surface area contributed by atoms with E-state index in [1.54, 1.807) is 13.2 Å². The molecule has 0 aliphatic carbocycles. The highest BCUT2D eigenvalue weighted by Gasteiger charge is 2.21. The molecule has 0 saturated heterocycles. The number of hydrogen-bond donors (Lipinski definition) is 1. The Bertz CT molecular complexity index is 611. The largest absolute Gasteiger partial charge is 0.497 e. The molecule has 0 bridgehead atoms. The minimum Gasteiger partial charge on any atom is -0.497 e. The van der Waals surface area contributed by atoms with Crippen molar-refractivity contribution in [3.8, 4) is 5.75 Å². The molecule has 21 heavy (non-hydrogen) atoms. The minimum absolute atomic E-state index is 0.272. The molecule has 0 aliphatic heterocycles. The third-order valence-corrected chi connectivity index (χ3v) is 3.60. The molecule has 2 rings (SSSR count). The van der Waals surface area contributed by atoms with Gasteiger partial charge in [0, 0.05) is 10.6 Å². The molecule has 2 nitrogen and oxygen atoms in total. The van der Waals surface area contributed by atoms with Crippen LogP contribution < -0.4 is 10.5 Å². The Hall–Kier alpha value is -1.58. The molecular formula is C17H19ClFNO. The Kier molecular flexibility index (Phi) is 4.86. The van der Waals surface area contributed by atoms with E-state index >= 15 is 0 Å². The summed E-state index contributed by atoms with van der Waals surface area (Å²) in [5, 5.41) is 0.520. The maximum Gasteiger partial charge on any atom is 0.126 e. The van der Waals surface area contributed by atoms with E-state index < -0.39 is 5.54 Å². The molecule has 0 fully saturated rings. The fourth-order valence-corrected chi connectivity index (χ4v) is 2.58. The molecule has 4 heteroatoms. The molecule has 0 saturated carbocycles. The van der Waals surface area contributed by atoms with Gasteiger partial charge in [0.15, 0.2) is 0 Å². The number of ether oxygens (including phenoxy) is 1. The van der Waals surface area contributed by atoms with Crippen LogP contribution in [-0.4, -0.2) is 12.6 Å². The Morgan fingerprint density at radius 3 is 2.43 bits per heavy atom. The summed E-state index contributed by atoms with van der Waals surface area (Å²) in [5.74, 6) is 0.532. The maximum atomic E-state index is 13.8. The molecule has 0 aromatic heterocycles. The molecule has 112 valence electrons. The van der Waals surface area contributed by atoms with Crippen LogP contribution in [0.4, 0.5) is 4.39 Å². The van der Waals surface area contributed by atoms with Gasteiger partial charge in [-0.2, -0.15) is 0 Å². The van der Waals surface area contributed by atoms with Gasteiger partial charge in [0.2, 0.25) is 0 Å². The molecule has 0 amide bonds. The van der Waals surface area contributed by atoms with Crippen molar-refractivity contribution in [2.24, 2.45) is 5.73 Å². The Labute approximate surface area is 129 Å². The lowest BCUT2D eigenvalue weighted by molar-refractivity contribution is 0.414. The second kappa shape index (κ2) is 6.46. The van der Waals surface area contributed by atoms with Gasteiger partial charge < -0.3 is 10.5 Å². The van der Waals surface area contributed by atoms with Crippen LogP contribution in [0.25, 0.3) is 0 Å². The van der Waals surface area contributed by atoms with Crippen molar-refractivity contribution in [2.45, 2.75) is 25.3 Å². The summed E-state index contributed by atoms with van der Waals surface area (Å²) in [7, 11) is 1.63. The quantitative estimate of drug-likeness (QED) is 0.906. The SMILES string of the molecule is COc1ccc(CC(C)(N)Cc2cc(Cl)ccc2F)cc1. The van der Waals surface area contributed by atoms with Gasteiger partial charge in [0.05, 0.1) is 7.11 Å². The first-order valence-corrected chi connectivity index (χ1v) is 7.13. The number of hydrogen-bond acceptors (Lipinski definition) is 2. The number of nitrogens with two attached hydrogens (primary N) is 1. The normalized spacial score (nSPS) is 13.8. The van der Waals surface area contributed by atoms with E-state index in [2.05, 4.69) is 0 Å². The Morgan fingerprint density at radius 1 is 1.14 bits per heavy atom. The van der Waals surface area contributed by atoms with Crippen LogP contribution >= 0.6 is 11.6 Å². The van der Waals surface area contributed by atoms with Gasteiger partial charge in [-0.05, 0) is 61.2 Å². The smallest absolute Gasteiger partial charge is 0.126 e. The summed E-state index contributed by atoms with van der Waals surface area (Å²) in [6, 6.07) is 12.3. The summed E-state index contributed by atoms with van der Waals surface area (Å²) in [5.41, 5.74) is 7.40. The van der Waals surface area contributed by atoms with Crippen molar-refractivity contribution in [2.75, 3.05) is 7.11 Å². The zero-order chi connectivity index (χ0) is 15.5. The van der Waals surface area contributed by atoms with E-state index in [9.17, 15) is 4.39 Å². The van der Waals surface area contributed by atoms with Crippen molar-refractivity contribution >= 4 is 11.6 Å². The predicted octanol–water partition coefficient (Wildman–Crippen LogP) is 3.99. The van der Waals surface area contributed by atoms with E-state index in [1.165, 1.54) is 12.1 Å². The van der Waals surface area contributed by atoms with Gasteiger partial charge in [-0.1, -0.05) is 23.7 Å². The molecular weight excluding hydrogens is 289 g/mol. The Balaban J connectivity index is 2.11. The first kappa shape index (κ1) is 15.8. The van der Waals surface area contributed by atoms with Gasteiger partial charge in [0.25, 0.3) is 0 Å². The molecule has 1 unspecified atom stereocenters. The lowest BCUT2D eigenvalue weighted by atomic mass is 9.87. The van der Waals surface area contributed by atoms with Crippen LogP contribution in [-0.2, 0) is 12.8 Å². The van der Waals surface area contributed by atoms with Crippen molar-refractivity contribution in [3.63, 3.8) is 0 Å². The fourth-order valence-electron chi connectivity index (χ4n) is 2.39. The van der Waals surface area contributed by atoms with Gasteiger partial charge in [0.1, 0.15) is 11.6 Å². The molecule has 0 radical (unpaired) electrons. The predicted molar refractivity (Wildman–Crippen MR) is 84.4 cm³/mol. The van der Waals surface area contributed by atoms with Crippen LogP contribution in [0.3, 0.4) is 0 Å². The van der Waals surface area contributed by atoms with Gasteiger partial charge >= 0.3 is 0 Å². The van der Waals surface area contributed by atoms with Crippen LogP contribution in [0.1, 0.15) is 18.1 Å². The number of halogens is 2. The summed E-state index contributed by atoms with van der Waals surface area (Å²) in [6.45, 7) is 1.91. The highest BCUT2D eigenvalue weighted by molar-refractivity contribution is 6.30. The van der Waals surface area contributed by atoms with E-state index in [-0.39, 0.29) is 5.82 Å². The zero-order valence-electron chi connectivity index (χ0n) is 12.2. The van der Waals surface area contributed by atoms with Crippen LogP contribution in [0.5, 0.6) is 5.75 Å². The average molecular weight is 308 g/mol. The van der Waals surface area contributed by atoms with Crippen LogP contribution in [0.2, 0.25) is 5.02 Å².